The van der Waals surface area contributed by atoms with Crippen LogP contribution in [0.25, 0.3) is 0 Å². The standard InChI is InChI=1S/C19H24N4O/c1-21-12-17(11-20-21)18-7-4-9-22(18)14-19(24)23-10-8-15-5-2-3-6-16(15)13-23/h2-3,5-6,11-12,18H,4,7-10,13-14H2,1H3. The third-order valence-electron chi connectivity index (χ3n) is 5.29. The normalized spacial score (nSPS) is 21.0. The highest BCUT2D eigenvalue weighted by Gasteiger charge is 2.30. The van der Waals surface area contributed by atoms with E-state index in [0.29, 0.717) is 12.6 Å². The number of rotatable bonds is 3. The van der Waals surface area contributed by atoms with Crippen LogP contribution in [-0.2, 0) is 24.8 Å². The fraction of sp³-hybridized carbons (Fsp3) is 0.474. The van der Waals surface area contributed by atoms with E-state index in [4.69, 9.17) is 0 Å². The van der Waals surface area contributed by atoms with E-state index in [1.54, 1.807) is 0 Å². The van der Waals surface area contributed by atoms with Crippen LogP contribution in [-0.4, -0.2) is 45.1 Å². The van der Waals surface area contributed by atoms with Crippen molar-refractivity contribution in [3.05, 3.63) is 53.3 Å². The molecule has 1 unspecified atom stereocenters. The second-order valence-electron chi connectivity index (χ2n) is 6.91. The Labute approximate surface area is 142 Å². The molecule has 1 atom stereocenters. The number of likely N-dealkylation sites (tertiary alicyclic amines) is 1. The fourth-order valence-electron chi connectivity index (χ4n) is 3.99. The van der Waals surface area contributed by atoms with Gasteiger partial charge in [-0.25, -0.2) is 0 Å². The molecule has 0 radical (unpaired) electrons. The molecule has 1 aromatic heterocycles. The first-order chi connectivity index (χ1) is 11.7. The van der Waals surface area contributed by atoms with Crippen molar-refractivity contribution < 1.29 is 4.79 Å². The third-order valence-corrected chi connectivity index (χ3v) is 5.29. The molecule has 0 bridgehead atoms. The van der Waals surface area contributed by atoms with Gasteiger partial charge < -0.3 is 4.90 Å². The highest BCUT2D eigenvalue weighted by atomic mass is 16.2. The highest BCUT2D eigenvalue weighted by Crippen LogP contribution is 2.31. The van der Waals surface area contributed by atoms with Crippen molar-refractivity contribution in [3.8, 4) is 0 Å². The summed E-state index contributed by atoms with van der Waals surface area (Å²) in [6.07, 6.45) is 7.24. The van der Waals surface area contributed by atoms with E-state index >= 15 is 0 Å². The van der Waals surface area contributed by atoms with Gasteiger partial charge in [0.2, 0.25) is 5.91 Å². The Hall–Kier alpha value is -2.14. The van der Waals surface area contributed by atoms with Gasteiger partial charge in [-0.1, -0.05) is 24.3 Å². The van der Waals surface area contributed by atoms with Gasteiger partial charge in [-0.05, 0) is 36.9 Å². The minimum atomic E-state index is 0.250. The van der Waals surface area contributed by atoms with Crippen LogP contribution >= 0.6 is 0 Å². The first kappa shape index (κ1) is 15.4. The molecule has 126 valence electrons. The van der Waals surface area contributed by atoms with Crippen LogP contribution in [0, 0.1) is 0 Å². The van der Waals surface area contributed by atoms with Gasteiger partial charge in [0.15, 0.2) is 0 Å². The molecular formula is C19H24N4O. The van der Waals surface area contributed by atoms with Crippen LogP contribution in [0.4, 0.5) is 0 Å². The van der Waals surface area contributed by atoms with Gasteiger partial charge >= 0.3 is 0 Å². The van der Waals surface area contributed by atoms with E-state index in [2.05, 4.69) is 40.5 Å². The molecule has 1 saturated heterocycles. The lowest BCUT2D eigenvalue weighted by atomic mass is 10.00. The molecule has 3 heterocycles. The maximum absolute atomic E-state index is 12.8. The Balaban J connectivity index is 1.42. The minimum Gasteiger partial charge on any atom is -0.337 e. The monoisotopic (exact) mass is 324 g/mol. The van der Waals surface area contributed by atoms with Crippen LogP contribution in [0.5, 0.6) is 0 Å². The number of hydrogen-bond acceptors (Lipinski definition) is 3. The predicted molar refractivity (Wildman–Crippen MR) is 92.3 cm³/mol. The van der Waals surface area contributed by atoms with E-state index in [1.807, 2.05) is 22.8 Å². The van der Waals surface area contributed by atoms with Crippen molar-refractivity contribution in [2.45, 2.75) is 31.8 Å². The lowest BCUT2D eigenvalue weighted by molar-refractivity contribution is -0.133. The lowest BCUT2D eigenvalue weighted by Gasteiger charge is -2.31. The van der Waals surface area contributed by atoms with Crippen molar-refractivity contribution in [2.75, 3.05) is 19.6 Å². The average molecular weight is 324 g/mol. The van der Waals surface area contributed by atoms with Crippen molar-refractivity contribution in [3.63, 3.8) is 0 Å². The zero-order valence-electron chi connectivity index (χ0n) is 14.2. The molecule has 0 aliphatic carbocycles. The second kappa shape index (κ2) is 6.40. The summed E-state index contributed by atoms with van der Waals surface area (Å²) in [5.74, 6) is 0.250. The molecule has 0 spiro atoms. The number of aryl methyl sites for hydroxylation is 1. The number of fused-ring (bicyclic) bond motifs is 1. The summed E-state index contributed by atoms with van der Waals surface area (Å²) >= 11 is 0. The second-order valence-corrected chi connectivity index (χ2v) is 6.91. The third kappa shape index (κ3) is 2.96. The molecule has 1 fully saturated rings. The largest absolute Gasteiger partial charge is 0.337 e. The van der Waals surface area contributed by atoms with E-state index in [-0.39, 0.29) is 5.91 Å². The van der Waals surface area contributed by atoms with Crippen molar-refractivity contribution in [1.29, 1.82) is 0 Å². The molecule has 5 nitrogen and oxygen atoms in total. The summed E-state index contributed by atoms with van der Waals surface area (Å²) in [7, 11) is 1.94. The quantitative estimate of drug-likeness (QED) is 0.869. The van der Waals surface area contributed by atoms with Gasteiger partial charge in [0.05, 0.1) is 12.7 Å². The van der Waals surface area contributed by atoms with E-state index in [9.17, 15) is 4.79 Å². The van der Waals surface area contributed by atoms with Crippen LogP contribution in [0.2, 0.25) is 0 Å². The summed E-state index contributed by atoms with van der Waals surface area (Å²) in [6.45, 7) is 3.10. The van der Waals surface area contributed by atoms with E-state index in [1.165, 1.54) is 16.7 Å². The molecule has 24 heavy (non-hydrogen) atoms. The molecule has 5 heteroatoms. The van der Waals surface area contributed by atoms with Gasteiger partial charge in [-0.15, -0.1) is 0 Å². The summed E-state index contributed by atoms with van der Waals surface area (Å²) < 4.78 is 1.84. The number of aromatic nitrogens is 2. The molecular weight excluding hydrogens is 300 g/mol. The molecule has 1 amide bonds. The van der Waals surface area contributed by atoms with Gasteiger partial charge in [-0.3, -0.25) is 14.4 Å². The maximum Gasteiger partial charge on any atom is 0.237 e. The fourth-order valence-corrected chi connectivity index (χ4v) is 3.99. The smallest absolute Gasteiger partial charge is 0.237 e. The summed E-state index contributed by atoms with van der Waals surface area (Å²) in [4.78, 5) is 17.1. The molecule has 2 aromatic rings. The Kier molecular flexibility index (Phi) is 4.10. The Morgan fingerprint density at radius 2 is 2.08 bits per heavy atom. The Morgan fingerprint density at radius 3 is 2.88 bits per heavy atom. The van der Waals surface area contributed by atoms with Crippen molar-refractivity contribution >= 4 is 5.91 Å². The highest BCUT2D eigenvalue weighted by molar-refractivity contribution is 5.78. The SMILES string of the molecule is Cn1cc(C2CCCN2CC(=O)N2CCc3ccccc3C2)cn1. The van der Waals surface area contributed by atoms with Crippen molar-refractivity contribution in [1.82, 2.24) is 19.6 Å². The zero-order valence-corrected chi connectivity index (χ0v) is 14.2. The van der Waals surface area contributed by atoms with E-state index in [0.717, 1.165) is 38.9 Å². The first-order valence-electron chi connectivity index (χ1n) is 8.78. The number of nitrogens with zero attached hydrogens (tertiary/aromatic N) is 4. The van der Waals surface area contributed by atoms with Gasteiger partial charge in [0, 0.05) is 37.9 Å². The predicted octanol–water partition coefficient (Wildman–Crippen LogP) is 2.14. The Bertz CT molecular complexity index is 738. The van der Waals surface area contributed by atoms with Crippen LogP contribution < -0.4 is 0 Å². The molecule has 0 saturated carbocycles. The summed E-state index contributed by atoms with van der Waals surface area (Å²) in [5.41, 5.74) is 3.91. The lowest BCUT2D eigenvalue weighted by Crippen LogP contribution is -2.42. The Morgan fingerprint density at radius 1 is 1.25 bits per heavy atom. The number of amides is 1. The maximum atomic E-state index is 12.8. The molecule has 2 aliphatic heterocycles. The van der Waals surface area contributed by atoms with Crippen LogP contribution in [0.1, 0.15) is 35.6 Å². The molecule has 4 rings (SSSR count). The number of carbonyl (C=O) groups is 1. The van der Waals surface area contributed by atoms with Gasteiger partial charge in [0.1, 0.15) is 0 Å². The summed E-state index contributed by atoms with van der Waals surface area (Å²) in [5, 5.41) is 4.28. The van der Waals surface area contributed by atoms with Crippen LogP contribution in [0.15, 0.2) is 36.7 Å². The zero-order chi connectivity index (χ0) is 16.5. The molecule has 2 aliphatic rings. The molecule has 0 N–H and O–H groups in total. The van der Waals surface area contributed by atoms with Crippen LogP contribution in [0.3, 0.4) is 0 Å². The average Bonchev–Trinajstić information content (AvgIpc) is 3.23. The van der Waals surface area contributed by atoms with E-state index < -0.39 is 0 Å². The van der Waals surface area contributed by atoms with Crippen molar-refractivity contribution in [2.24, 2.45) is 7.05 Å². The van der Waals surface area contributed by atoms with Gasteiger partial charge in [0.25, 0.3) is 0 Å². The minimum absolute atomic E-state index is 0.250. The number of hydrogen-bond donors (Lipinski definition) is 0. The first-order valence-corrected chi connectivity index (χ1v) is 8.78. The molecule has 1 aromatic carbocycles. The summed E-state index contributed by atoms with van der Waals surface area (Å²) in [6, 6.07) is 8.80. The van der Waals surface area contributed by atoms with Gasteiger partial charge in [-0.2, -0.15) is 5.10 Å². The number of carbonyl (C=O) groups excluding carboxylic acids is 1. The topological polar surface area (TPSA) is 41.4 Å². The number of benzene rings is 1.